The number of hydrogen-bond donors (Lipinski definition) is 1. The summed E-state index contributed by atoms with van der Waals surface area (Å²) < 4.78 is 1.96. The molecule has 5 nitrogen and oxygen atoms in total. The Morgan fingerprint density at radius 2 is 1.58 bits per heavy atom. The van der Waals surface area contributed by atoms with Gasteiger partial charge in [0.1, 0.15) is 0 Å². The molecule has 1 fully saturated rings. The molecule has 1 N–H and O–H groups in total. The highest BCUT2D eigenvalue weighted by atomic mass is 35.5. The van der Waals surface area contributed by atoms with E-state index in [0.29, 0.717) is 16.6 Å². The summed E-state index contributed by atoms with van der Waals surface area (Å²) in [6, 6.07) is 13.7. The van der Waals surface area contributed by atoms with Crippen LogP contribution in [0, 0.1) is 13.8 Å². The molecule has 2 aromatic carbocycles. The van der Waals surface area contributed by atoms with E-state index in [1.54, 1.807) is 0 Å². The van der Waals surface area contributed by atoms with Crippen LogP contribution in [0.4, 0.5) is 5.69 Å². The van der Waals surface area contributed by atoms with E-state index < -0.39 is 0 Å². The van der Waals surface area contributed by atoms with E-state index in [-0.39, 0.29) is 0 Å². The average Bonchev–Trinajstić information content (AvgIpc) is 3.05. The molecule has 1 saturated heterocycles. The minimum atomic E-state index is 0.547. The average molecular weight is 523 g/mol. The second kappa shape index (κ2) is 10.6. The second-order valence-electron chi connectivity index (χ2n) is 8.27. The molecule has 0 saturated carbocycles. The highest BCUT2D eigenvalue weighted by molar-refractivity contribution is 7.80. The normalized spacial score (nSPS) is 14.5. The lowest BCUT2D eigenvalue weighted by molar-refractivity contribution is 0.177. The van der Waals surface area contributed by atoms with Crippen LogP contribution in [0.1, 0.15) is 22.5 Å². The smallest absolute Gasteiger partial charge is 0.173 e. The van der Waals surface area contributed by atoms with Crippen molar-refractivity contribution in [1.29, 1.82) is 0 Å². The molecule has 1 aliphatic heterocycles. The molecule has 0 aliphatic carbocycles. The Morgan fingerprint density at radius 1 is 0.909 bits per heavy atom. The summed E-state index contributed by atoms with van der Waals surface area (Å²) in [5, 5.41) is 10.7. The predicted molar refractivity (Wildman–Crippen MR) is 142 cm³/mol. The first-order chi connectivity index (χ1) is 15.8. The number of rotatable bonds is 5. The van der Waals surface area contributed by atoms with Crippen LogP contribution in [0.2, 0.25) is 15.1 Å². The molecule has 33 heavy (non-hydrogen) atoms. The lowest BCUT2D eigenvalue weighted by Gasteiger charge is -2.36. The number of nitrogens with one attached hydrogen (secondary N) is 1. The van der Waals surface area contributed by atoms with Gasteiger partial charge in [0.05, 0.1) is 33.7 Å². The second-order valence-corrected chi connectivity index (χ2v) is 9.91. The zero-order chi connectivity index (χ0) is 23.5. The molecule has 2 heterocycles. The SMILES string of the molecule is Cc1nn(Cc2ccc(Cl)c(Cl)c2)c(C)c1NC(=S)N1CCN(Cc2ccc(Cl)cc2)CC1. The molecule has 0 spiro atoms. The van der Waals surface area contributed by atoms with Gasteiger partial charge in [0.15, 0.2) is 5.11 Å². The monoisotopic (exact) mass is 521 g/mol. The predicted octanol–water partition coefficient (Wildman–Crippen LogP) is 6.02. The van der Waals surface area contributed by atoms with Gasteiger partial charge in [-0.2, -0.15) is 5.10 Å². The summed E-state index contributed by atoms with van der Waals surface area (Å²) in [4.78, 5) is 4.66. The van der Waals surface area contributed by atoms with Crippen molar-refractivity contribution >= 4 is 57.8 Å². The number of aromatic nitrogens is 2. The third-order valence-corrected chi connectivity index (χ3v) is 7.26. The van der Waals surface area contributed by atoms with Crippen LogP contribution in [-0.4, -0.2) is 50.9 Å². The van der Waals surface area contributed by atoms with Gasteiger partial charge in [-0.25, -0.2) is 0 Å². The van der Waals surface area contributed by atoms with Gasteiger partial charge < -0.3 is 10.2 Å². The molecular formula is C24H26Cl3N5S. The molecule has 0 amide bonds. The third kappa shape index (κ3) is 6.00. The van der Waals surface area contributed by atoms with Crippen molar-refractivity contribution in [3.05, 3.63) is 80.0 Å². The van der Waals surface area contributed by atoms with Gasteiger partial charge in [0, 0.05) is 37.7 Å². The van der Waals surface area contributed by atoms with Crippen molar-refractivity contribution in [1.82, 2.24) is 19.6 Å². The zero-order valence-corrected chi connectivity index (χ0v) is 21.7. The Kier molecular flexibility index (Phi) is 7.82. The number of benzene rings is 2. The standard InChI is InChI=1S/C24H26Cl3N5S/c1-16-23(17(2)32(29-16)15-19-5-8-21(26)22(27)13-19)28-24(33)31-11-9-30(10-12-31)14-18-3-6-20(25)7-4-18/h3-8,13H,9-12,14-15H2,1-2H3,(H,28,33). The first kappa shape index (κ1) is 24.3. The Balaban J connectivity index is 1.35. The quantitative estimate of drug-likeness (QED) is 0.415. The fourth-order valence-corrected chi connectivity index (χ4v) is 4.72. The summed E-state index contributed by atoms with van der Waals surface area (Å²) in [6.45, 7) is 9.26. The summed E-state index contributed by atoms with van der Waals surface area (Å²) in [6.07, 6.45) is 0. The maximum Gasteiger partial charge on any atom is 0.173 e. The van der Waals surface area contributed by atoms with Crippen molar-refractivity contribution in [3.63, 3.8) is 0 Å². The number of piperazine rings is 1. The number of nitrogens with zero attached hydrogens (tertiary/aromatic N) is 4. The number of hydrogen-bond acceptors (Lipinski definition) is 3. The third-order valence-electron chi connectivity index (χ3n) is 5.91. The van der Waals surface area contributed by atoms with E-state index in [9.17, 15) is 0 Å². The van der Waals surface area contributed by atoms with Crippen molar-refractivity contribution in [2.45, 2.75) is 26.9 Å². The van der Waals surface area contributed by atoms with Gasteiger partial charge in [-0.1, -0.05) is 53.0 Å². The Morgan fingerprint density at radius 3 is 2.24 bits per heavy atom. The van der Waals surface area contributed by atoms with Crippen LogP contribution < -0.4 is 5.32 Å². The minimum absolute atomic E-state index is 0.547. The van der Waals surface area contributed by atoms with E-state index in [1.165, 1.54) is 5.56 Å². The number of thiocarbonyl (C=S) groups is 1. The van der Waals surface area contributed by atoms with Crippen LogP contribution in [0.3, 0.4) is 0 Å². The molecule has 0 unspecified atom stereocenters. The molecule has 3 aromatic rings. The first-order valence-corrected chi connectivity index (χ1v) is 12.3. The largest absolute Gasteiger partial charge is 0.346 e. The van der Waals surface area contributed by atoms with Gasteiger partial charge >= 0.3 is 0 Å². The Bertz CT molecular complexity index is 1140. The fourth-order valence-electron chi connectivity index (χ4n) is 3.99. The molecule has 1 aromatic heterocycles. The highest BCUT2D eigenvalue weighted by Gasteiger charge is 2.21. The minimum Gasteiger partial charge on any atom is -0.346 e. The van der Waals surface area contributed by atoms with Crippen molar-refractivity contribution in [3.8, 4) is 0 Å². The van der Waals surface area contributed by atoms with E-state index in [2.05, 4.69) is 27.2 Å². The first-order valence-electron chi connectivity index (χ1n) is 10.8. The number of anilines is 1. The zero-order valence-electron chi connectivity index (χ0n) is 18.6. The van der Waals surface area contributed by atoms with Gasteiger partial charge in [-0.15, -0.1) is 0 Å². The lowest BCUT2D eigenvalue weighted by atomic mass is 10.2. The molecule has 0 radical (unpaired) electrons. The van der Waals surface area contributed by atoms with Crippen molar-refractivity contribution < 1.29 is 0 Å². The van der Waals surface area contributed by atoms with E-state index >= 15 is 0 Å². The molecule has 0 bridgehead atoms. The van der Waals surface area contributed by atoms with E-state index in [4.69, 9.17) is 52.1 Å². The van der Waals surface area contributed by atoms with Crippen LogP contribution in [0.25, 0.3) is 0 Å². The molecule has 174 valence electrons. The molecule has 0 atom stereocenters. The fraction of sp³-hybridized carbons (Fsp3) is 0.333. The highest BCUT2D eigenvalue weighted by Crippen LogP contribution is 2.25. The molecule has 9 heteroatoms. The van der Waals surface area contributed by atoms with Crippen molar-refractivity contribution in [2.24, 2.45) is 0 Å². The van der Waals surface area contributed by atoms with Crippen LogP contribution in [0.15, 0.2) is 42.5 Å². The van der Waals surface area contributed by atoms with Gasteiger partial charge in [0.2, 0.25) is 0 Å². The number of halogens is 3. The lowest BCUT2D eigenvalue weighted by Crippen LogP contribution is -2.49. The van der Waals surface area contributed by atoms with Gasteiger partial charge in [-0.05, 0) is 61.5 Å². The van der Waals surface area contributed by atoms with Crippen LogP contribution in [-0.2, 0) is 13.1 Å². The Labute approximate surface area is 215 Å². The van der Waals surface area contributed by atoms with Crippen molar-refractivity contribution in [2.75, 3.05) is 31.5 Å². The molecule has 4 rings (SSSR count). The summed E-state index contributed by atoms with van der Waals surface area (Å²) in [5.41, 5.74) is 5.22. The molecular weight excluding hydrogens is 497 g/mol. The van der Waals surface area contributed by atoms with Crippen LogP contribution >= 0.6 is 47.0 Å². The van der Waals surface area contributed by atoms with Gasteiger partial charge in [0.25, 0.3) is 0 Å². The number of aryl methyl sites for hydroxylation is 1. The van der Waals surface area contributed by atoms with E-state index in [1.807, 2.05) is 48.9 Å². The summed E-state index contributed by atoms with van der Waals surface area (Å²) in [5.74, 6) is 0. The van der Waals surface area contributed by atoms with E-state index in [0.717, 1.165) is 65.5 Å². The summed E-state index contributed by atoms with van der Waals surface area (Å²) in [7, 11) is 0. The Hall–Kier alpha value is -1.83. The summed E-state index contributed by atoms with van der Waals surface area (Å²) >= 11 is 23.9. The topological polar surface area (TPSA) is 36.3 Å². The maximum absolute atomic E-state index is 6.17. The van der Waals surface area contributed by atoms with Crippen LogP contribution in [0.5, 0.6) is 0 Å². The maximum atomic E-state index is 6.17. The van der Waals surface area contributed by atoms with Gasteiger partial charge in [-0.3, -0.25) is 9.58 Å². The molecule has 1 aliphatic rings.